The van der Waals surface area contributed by atoms with Crippen molar-refractivity contribution in [2.45, 2.75) is 25.8 Å². The van der Waals surface area contributed by atoms with Crippen LogP contribution in [0.4, 0.5) is 0 Å². The SMILES string of the molecule is CC(=O)N[C@@H](CC(=O)O)c1ccc2c(c1)OCCCO2. The van der Waals surface area contributed by atoms with E-state index in [-0.39, 0.29) is 12.3 Å². The first-order valence-electron chi connectivity index (χ1n) is 6.44. The van der Waals surface area contributed by atoms with Crippen LogP contribution in [0.2, 0.25) is 0 Å². The number of carbonyl (C=O) groups is 2. The highest BCUT2D eigenvalue weighted by molar-refractivity contribution is 5.75. The molecule has 1 aromatic carbocycles. The number of ether oxygens (including phenoxy) is 2. The van der Waals surface area contributed by atoms with Gasteiger partial charge in [-0.05, 0) is 17.7 Å². The molecule has 0 aliphatic carbocycles. The standard InChI is InChI=1S/C14H17NO5/c1-9(16)15-11(8-14(17)18)10-3-4-12-13(7-10)20-6-2-5-19-12/h3-4,7,11H,2,5-6,8H2,1H3,(H,15,16)(H,17,18)/t11-/m0/s1. The molecule has 1 atom stereocenters. The van der Waals surface area contributed by atoms with Crippen molar-refractivity contribution in [1.82, 2.24) is 5.32 Å². The molecule has 0 aromatic heterocycles. The molecule has 0 saturated heterocycles. The summed E-state index contributed by atoms with van der Waals surface area (Å²) in [6.07, 6.45) is 0.619. The van der Waals surface area contributed by atoms with Crippen LogP contribution in [0.5, 0.6) is 11.5 Å². The monoisotopic (exact) mass is 279 g/mol. The van der Waals surface area contributed by atoms with E-state index in [4.69, 9.17) is 14.6 Å². The number of carboxylic acids is 1. The van der Waals surface area contributed by atoms with Crippen LogP contribution in [0.3, 0.4) is 0 Å². The van der Waals surface area contributed by atoms with Crippen LogP contribution in [0.25, 0.3) is 0 Å². The van der Waals surface area contributed by atoms with Crippen molar-refractivity contribution in [1.29, 1.82) is 0 Å². The molecule has 1 heterocycles. The van der Waals surface area contributed by atoms with E-state index in [0.717, 1.165) is 6.42 Å². The lowest BCUT2D eigenvalue weighted by Gasteiger charge is -2.18. The fourth-order valence-electron chi connectivity index (χ4n) is 2.07. The summed E-state index contributed by atoms with van der Waals surface area (Å²) in [5.74, 6) is -0.0249. The summed E-state index contributed by atoms with van der Waals surface area (Å²) in [6.45, 7) is 2.51. The number of benzene rings is 1. The highest BCUT2D eigenvalue weighted by Gasteiger charge is 2.19. The van der Waals surface area contributed by atoms with Crippen molar-refractivity contribution < 1.29 is 24.2 Å². The zero-order chi connectivity index (χ0) is 14.5. The minimum atomic E-state index is -0.976. The molecular weight excluding hydrogens is 262 g/mol. The number of hydrogen-bond donors (Lipinski definition) is 2. The second-order valence-corrected chi connectivity index (χ2v) is 4.61. The van der Waals surface area contributed by atoms with Gasteiger partial charge in [-0.2, -0.15) is 0 Å². The van der Waals surface area contributed by atoms with Crippen LogP contribution in [0, 0.1) is 0 Å². The molecule has 1 aromatic rings. The van der Waals surface area contributed by atoms with Gasteiger partial charge in [0.05, 0.1) is 25.7 Å². The number of rotatable bonds is 4. The Balaban J connectivity index is 2.26. The van der Waals surface area contributed by atoms with Gasteiger partial charge in [-0.25, -0.2) is 0 Å². The molecule has 6 nitrogen and oxygen atoms in total. The first-order valence-corrected chi connectivity index (χ1v) is 6.44. The van der Waals surface area contributed by atoms with Crippen molar-refractivity contribution in [2.24, 2.45) is 0 Å². The minimum absolute atomic E-state index is 0.181. The van der Waals surface area contributed by atoms with Gasteiger partial charge >= 0.3 is 5.97 Å². The van der Waals surface area contributed by atoms with E-state index < -0.39 is 12.0 Å². The number of hydrogen-bond acceptors (Lipinski definition) is 4. The number of carbonyl (C=O) groups excluding carboxylic acids is 1. The van der Waals surface area contributed by atoms with Gasteiger partial charge in [0.1, 0.15) is 0 Å². The van der Waals surface area contributed by atoms with Crippen LogP contribution in [-0.2, 0) is 9.59 Å². The summed E-state index contributed by atoms with van der Waals surface area (Å²) in [6, 6.07) is 4.63. The van der Waals surface area contributed by atoms with E-state index in [1.54, 1.807) is 18.2 Å². The van der Waals surface area contributed by atoms with E-state index in [2.05, 4.69) is 5.32 Å². The molecule has 0 bridgehead atoms. The number of aliphatic carboxylic acids is 1. The fourth-order valence-corrected chi connectivity index (χ4v) is 2.07. The number of amides is 1. The lowest BCUT2D eigenvalue weighted by molar-refractivity contribution is -0.137. The zero-order valence-corrected chi connectivity index (χ0v) is 11.2. The molecule has 6 heteroatoms. The molecule has 0 unspecified atom stereocenters. The van der Waals surface area contributed by atoms with Crippen LogP contribution in [0.1, 0.15) is 31.4 Å². The highest BCUT2D eigenvalue weighted by Crippen LogP contribution is 2.33. The molecule has 1 amide bonds. The van der Waals surface area contributed by atoms with Crippen molar-refractivity contribution in [3.63, 3.8) is 0 Å². The maximum Gasteiger partial charge on any atom is 0.305 e. The molecule has 20 heavy (non-hydrogen) atoms. The predicted molar refractivity (Wildman–Crippen MR) is 70.9 cm³/mol. The summed E-state index contributed by atoms with van der Waals surface area (Å²) in [4.78, 5) is 22.1. The number of fused-ring (bicyclic) bond motifs is 1. The lowest BCUT2D eigenvalue weighted by atomic mass is 10.0. The van der Waals surface area contributed by atoms with Gasteiger partial charge in [-0.1, -0.05) is 6.07 Å². The number of nitrogens with one attached hydrogen (secondary N) is 1. The third-order valence-corrected chi connectivity index (χ3v) is 2.93. The van der Waals surface area contributed by atoms with Gasteiger partial charge in [0.25, 0.3) is 0 Å². The lowest BCUT2D eigenvalue weighted by Crippen LogP contribution is -2.28. The quantitative estimate of drug-likeness (QED) is 0.872. The molecule has 0 spiro atoms. The molecular formula is C14H17NO5. The van der Waals surface area contributed by atoms with Gasteiger partial charge in [-0.3, -0.25) is 9.59 Å². The van der Waals surface area contributed by atoms with E-state index in [1.165, 1.54) is 6.92 Å². The molecule has 0 fully saturated rings. The second kappa shape index (κ2) is 6.27. The van der Waals surface area contributed by atoms with Gasteiger partial charge in [0.15, 0.2) is 11.5 Å². The Morgan fingerprint density at radius 2 is 2.00 bits per heavy atom. The topological polar surface area (TPSA) is 84.9 Å². The van der Waals surface area contributed by atoms with Gasteiger partial charge in [-0.15, -0.1) is 0 Å². The maximum atomic E-state index is 11.2. The van der Waals surface area contributed by atoms with E-state index in [0.29, 0.717) is 30.3 Å². The van der Waals surface area contributed by atoms with Crippen molar-refractivity contribution in [2.75, 3.05) is 13.2 Å². The van der Waals surface area contributed by atoms with Crippen molar-refractivity contribution in [3.05, 3.63) is 23.8 Å². The molecule has 108 valence electrons. The Morgan fingerprint density at radius 1 is 1.30 bits per heavy atom. The normalized spacial score (nSPS) is 15.1. The van der Waals surface area contributed by atoms with Gasteiger partial charge in [0, 0.05) is 13.3 Å². The first kappa shape index (κ1) is 14.2. The van der Waals surface area contributed by atoms with Crippen LogP contribution in [-0.4, -0.2) is 30.2 Å². The predicted octanol–water partition coefficient (Wildman–Crippen LogP) is 1.50. The third kappa shape index (κ3) is 3.63. The summed E-state index contributed by atoms with van der Waals surface area (Å²) in [7, 11) is 0. The van der Waals surface area contributed by atoms with Crippen LogP contribution >= 0.6 is 0 Å². The molecule has 2 N–H and O–H groups in total. The van der Waals surface area contributed by atoms with Gasteiger partial charge in [0.2, 0.25) is 5.91 Å². The van der Waals surface area contributed by atoms with Crippen molar-refractivity contribution in [3.8, 4) is 11.5 Å². The largest absolute Gasteiger partial charge is 0.490 e. The Kier molecular flexibility index (Phi) is 4.45. The van der Waals surface area contributed by atoms with Gasteiger partial charge < -0.3 is 19.9 Å². The summed E-state index contributed by atoms with van der Waals surface area (Å²) >= 11 is 0. The first-order chi connectivity index (χ1) is 9.56. The average Bonchev–Trinajstić information content (AvgIpc) is 2.61. The van der Waals surface area contributed by atoms with Crippen LogP contribution in [0.15, 0.2) is 18.2 Å². The summed E-state index contributed by atoms with van der Waals surface area (Å²) < 4.78 is 11.1. The maximum absolute atomic E-state index is 11.2. The van der Waals surface area contributed by atoms with Crippen LogP contribution < -0.4 is 14.8 Å². The highest BCUT2D eigenvalue weighted by atomic mass is 16.5. The third-order valence-electron chi connectivity index (χ3n) is 2.93. The summed E-state index contributed by atoms with van der Waals surface area (Å²) in [5, 5.41) is 11.6. The van der Waals surface area contributed by atoms with E-state index >= 15 is 0 Å². The zero-order valence-electron chi connectivity index (χ0n) is 11.2. The fraction of sp³-hybridized carbons (Fsp3) is 0.429. The molecule has 0 radical (unpaired) electrons. The summed E-state index contributed by atoms with van der Waals surface area (Å²) in [5.41, 5.74) is 0.687. The molecule has 0 saturated carbocycles. The van der Waals surface area contributed by atoms with E-state index in [1.807, 2.05) is 0 Å². The molecule has 1 aliphatic heterocycles. The van der Waals surface area contributed by atoms with Crippen molar-refractivity contribution >= 4 is 11.9 Å². The molecule has 2 rings (SSSR count). The Labute approximate surface area is 116 Å². The minimum Gasteiger partial charge on any atom is -0.490 e. The smallest absolute Gasteiger partial charge is 0.305 e. The Morgan fingerprint density at radius 3 is 2.65 bits per heavy atom. The molecule has 1 aliphatic rings. The second-order valence-electron chi connectivity index (χ2n) is 4.61. The average molecular weight is 279 g/mol. The van der Waals surface area contributed by atoms with E-state index in [9.17, 15) is 9.59 Å². The Bertz CT molecular complexity index is 498. The Hall–Kier alpha value is -2.24. The number of carboxylic acid groups (broad SMARTS) is 1.